The third-order valence-corrected chi connectivity index (χ3v) is 3.68. The number of benzene rings is 1. The molecule has 0 aliphatic carbocycles. The molecule has 0 aliphatic rings. The number of nitrogens with zero attached hydrogens (tertiary/aromatic N) is 1. The molecule has 1 aromatic carbocycles. The van der Waals surface area contributed by atoms with Gasteiger partial charge in [-0.1, -0.05) is 6.07 Å². The van der Waals surface area contributed by atoms with E-state index in [4.69, 9.17) is 4.74 Å². The Bertz CT molecular complexity index is 794. The van der Waals surface area contributed by atoms with E-state index in [0.29, 0.717) is 5.88 Å². The first-order valence-corrected chi connectivity index (χ1v) is 7.24. The maximum absolute atomic E-state index is 5.13. The number of methoxy groups -OCH3 is 1. The van der Waals surface area contributed by atoms with Crippen LogP contribution in [-0.2, 0) is 6.54 Å². The van der Waals surface area contributed by atoms with Gasteiger partial charge < -0.3 is 20.4 Å². The zero-order valence-electron chi connectivity index (χ0n) is 13.0. The third-order valence-electron chi connectivity index (χ3n) is 3.68. The first-order valence-electron chi connectivity index (χ1n) is 7.24. The molecule has 2 heterocycles. The number of nitrogens with one attached hydrogen (secondary N) is 3. The fourth-order valence-electron chi connectivity index (χ4n) is 2.54. The lowest BCUT2D eigenvalue weighted by atomic mass is 10.1. The average Bonchev–Trinajstić information content (AvgIpc) is 2.92. The average molecular weight is 296 g/mol. The molecule has 0 bridgehead atoms. The highest BCUT2D eigenvalue weighted by atomic mass is 16.5. The van der Waals surface area contributed by atoms with Crippen LogP contribution in [0.3, 0.4) is 0 Å². The molecule has 5 heteroatoms. The van der Waals surface area contributed by atoms with Crippen molar-refractivity contribution in [3.8, 4) is 5.88 Å². The number of aromatic amines is 1. The van der Waals surface area contributed by atoms with Crippen molar-refractivity contribution in [2.75, 3.05) is 19.5 Å². The predicted octanol–water partition coefficient (Wildman–Crippen LogP) is 3.34. The number of rotatable bonds is 5. The highest BCUT2D eigenvalue weighted by Gasteiger charge is 2.06. The van der Waals surface area contributed by atoms with Gasteiger partial charge in [0, 0.05) is 35.4 Å². The molecule has 0 amide bonds. The van der Waals surface area contributed by atoms with Gasteiger partial charge in [0.1, 0.15) is 0 Å². The van der Waals surface area contributed by atoms with Gasteiger partial charge in [0.2, 0.25) is 5.88 Å². The van der Waals surface area contributed by atoms with Crippen molar-refractivity contribution in [3.05, 3.63) is 47.8 Å². The zero-order chi connectivity index (χ0) is 15.5. The van der Waals surface area contributed by atoms with Gasteiger partial charge in [-0.3, -0.25) is 0 Å². The number of fused-ring (bicyclic) bond motifs is 1. The lowest BCUT2D eigenvalue weighted by Gasteiger charge is -2.10. The second-order valence-corrected chi connectivity index (χ2v) is 5.22. The highest BCUT2D eigenvalue weighted by Crippen LogP contribution is 2.26. The molecular formula is C17H20N4O. The van der Waals surface area contributed by atoms with Crippen LogP contribution in [-0.4, -0.2) is 24.1 Å². The van der Waals surface area contributed by atoms with E-state index in [0.717, 1.165) is 29.1 Å². The number of anilines is 2. The number of ether oxygens (including phenoxy) is 1. The molecule has 0 aliphatic heterocycles. The molecule has 22 heavy (non-hydrogen) atoms. The summed E-state index contributed by atoms with van der Waals surface area (Å²) in [6.07, 6.45) is 2.05. The minimum absolute atomic E-state index is 0.625. The molecule has 0 unspecified atom stereocenters. The molecule has 5 nitrogen and oxygen atoms in total. The van der Waals surface area contributed by atoms with E-state index in [9.17, 15) is 0 Å². The number of aromatic nitrogens is 2. The van der Waals surface area contributed by atoms with Crippen LogP contribution in [0.15, 0.2) is 36.5 Å². The first-order chi connectivity index (χ1) is 10.7. The van der Waals surface area contributed by atoms with Crippen LogP contribution in [0, 0.1) is 6.92 Å². The molecule has 0 fully saturated rings. The lowest BCUT2D eigenvalue weighted by molar-refractivity contribution is 0.397. The molecular weight excluding hydrogens is 276 g/mol. The van der Waals surface area contributed by atoms with E-state index in [-0.39, 0.29) is 0 Å². The Kier molecular flexibility index (Phi) is 3.98. The lowest BCUT2D eigenvalue weighted by Crippen LogP contribution is -2.03. The van der Waals surface area contributed by atoms with E-state index in [1.807, 2.05) is 32.3 Å². The molecule has 114 valence electrons. The van der Waals surface area contributed by atoms with Gasteiger partial charge in [-0.2, -0.15) is 0 Å². The van der Waals surface area contributed by atoms with Crippen LogP contribution >= 0.6 is 0 Å². The van der Waals surface area contributed by atoms with Crippen molar-refractivity contribution < 1.29 is 4.74 Å². The molecule has 3 rings (SSSR count). The summed E-state index contributed by atoms with van der Waals surface area (Å²) >= 11 is 0. The Morgan fingerprint density at radius 3 is 2.82 bits per heavy atom. The summed E-state index contributed by atoms with van der Waals surface area (Å²) in [5.74, 6) is 0.625. The fraction of sp³-hybridized carbons (Fsp3) is 0.235. The second-order valence-electron chi connectivity index (χ2n) is 5.22. The van der Waals surface area contributed by atoms with Crippen molar-refractivity contribution in [1.29, 1.82) is 0 Å². The monoisotopic (exact) mass is 296 g/mol. The maximum atomic E-state index is 5.13. The Labute approximate surface area is 129 Å². The SMILES string of the molecule is CNCc1c[nH]c2cc(Nc3ccc(OC)nc3C)ccc12. The Balaban J connectivity index is 1.88. The highest BCUT2D eigenvalue weighted by molar-refractivity contribution is 5.87. The Morgan fingerprint density at radius 2 is 2.09 bits per heavy atom. The molecule has 0 radical (unpaired) electrons. The quantitative estimate of drug-likeness (QED) is 0.676. The van der Waals surface area contributed by atoms with Crippen LogP contribution < -0.4 is 15.4 Å². The zero-order valence-corrected chi connectivity index (χ0v) is 13.0. The molecule has 0 atom stereocenters. The summed E-state index contributed by atoms with van der Waals surface area (Å²) in [6, 6.07) is 10.2. The number of aryl methyl sites for hydroxylation is 1. The van der Waals surface area contributed by atoms with E-state index in [1.165, 1.54) is 10.9 Å². The van der Waals surface area contributed by atoms with Gasteiger partial charge in [0.05, 0.1) is 18.5 Å². The Morgan fingerprint density at radius 1 is 1.23 bits per heavy atom. The third kappa shape index (κ3) is 2.76. The number of hydrogen-bond acceptors (Lipinski definition) is 4. The van der Waals surface area contributed by atoms with Crippen LogP contribution in [0.5, 0.6) is 5.88 Å². The number of pyridine rings is 1. The van der Waals surface area contributed by atoms with E-state index in [1.54, 1.807) is 7.11 Å². The largest absolute Gasteiger partial charge is 0.481 e. The van der Waals surface area contributed by atoms with Crippen LogP contribution in [0.1, 0.15) is 11.3 Å². The first kappa shape index (κ1) is 14.4. The molecule has 0 spiro atoms. The van der Waals surface area contributed by atoms with E-state index < -0.39 is 0 Å². The molecule has 3 N–H and O–H groups in total. The Hall–Kier alpha value is -2.53. The fourth-order valence-corrected chi connectivity index (χ4v) is 2.54. The van der Waals surface area contributed by atoms with Crippen molar-refractivity contribution in [2.24, 2.45) is 0 Å². The van der Waals surface area contributed by atoms with Crippen molar-refractivity contribution in [2.45, 2.75) is 13.5 Å². The molecule has 3 aromatic rings. The summed E-state index contributed by atoms with van der Waals surface area (Å²) in [5, 5.41) is 7.82. The maximum Gasteiger partial charge on any atom is 0.213 e. The van der Waals surface area contributed by atoms with Crippen LogP contribution in [0.2, 0.25) is 0 Å². The van der Waals surface area contributed by atoms with Gasteiger partial charge in [-0.25, -0.2) is 4.98 Å². The molecule has 2 aromatic heterocycles. The topological polar surface area (TPSA) is 62.0 Å². The number of hydrogen-bond donors (Lipinski definition) is 3. The predicted molar refractivity (Wildman–Crippen MR) is 89.9 cm³/mol. The summed E-state index contributed by atoms with van der Waals surface area (Å²) < 4.78 is 5.13. The molecule has 0 saturated heterocycles. The minimum atomic E-state index is 0.625. The number of H-pyrrole nitrogens is 1. The van der Waals surface area contributed by atoms with Gasteiger partial charge in [-0.05, 0) is 37.7 Å². The summed E-state index contributed by atoms with van der Waals surface area (Å²) in [6.45, 7) is 2.82. The van der Waals surface area contributed by atoms with Crippen molar-refractivity contribution in [1.82, 2.24) is 15.3 Å². The van der Waals surface area contributed by atoms with Crippen LogP contribution in [0.25, 0.3) is 10.9 Å². The minimum Gasteiger partial charge on any atom is -0.481 e. The summed E-state index contributed by atoms with van der Waals surface area (Å²) in [7, 11) is 3.57. The van der Waals surface area contributed by atoms with Gasteiger partial charge in [-0.15, -0.1) is 0 Å². The summed E-state index contributed by atoms with van der Waals surface area (Å²) in [5.41, 5.74) is 5.30. The van der Waals surface area contributed by atoms with E-state index in [2.05, 4.69) is 38.8 Å². The smallest absolute Gasteiger partial charge is 0.213 e. The van der Waals surface area contributed by atoms with Gasteiger partial charge in [0.25, 0.3) is 0 Å². The van der Waals surface area contributed by atoms with Gasteiger partial charge in [0.15, 0.2) is 0 Å². The van der Waals surface area contributed by atoms with Crippen molar-refractivity contribution >= 4 is 22.3 Å². The van der Waals surface area contributed by atoms with Gasteiger partial charge >= 0.3 is 0 Å². The second kappa shape index (κ2) is 6.07. The van der Waals surface area contributed by atoms with Crippen LogP contribution in [0.4, 0.5) is 11.4 Å². The summed E-state index contributed by atoms with van der Waals surface area (Å²) in [4.78, 5) is 7.69. The van der Waals surface area contributed by atoms with E-state index >= 15 is 0 Å². The van der Waals surface area contributed by atoms with Crippen molar-refractivity contribution in [3.63, 3.8) is 0 Å². The molecule has 0 saturated carbocycles. The normalized spacial score (nSPS) is 10.9. The standard InChI is InChI=1S/C17H20N4O/c1-11-15(6-7-17(20-11)22-3)21-13-4-5-14-12(9-18-2)10-19-16(14)8-13/h4-8,10,18-19,21H,9H2,1-3H3.